The Kier molecular flexibility index (Phi) is 10.1. The number of para-hydroxylation sites is 1. The van der Waals surface area contributed by atoms with Crippen molar-refractivity contribution in [2.75, 3.05) is 19.6 Å². The van der Waals surface area contributed by atoms with E-state index in [-0.39, 0.29) is 18.4 Å². The van der Waals surface area contributed by atoms with Gasteiger partial charge in [-0.2, -0.15) is 0 Å². The molecule has 168 valence electrons. The van der Waals surface area contributed by atoms with Crippen molar-refractivity contribution in [2.24, 2.45) is 0 Å². The van der Waals surface area contributed by atoms with Crippen LogP contribution < -0.4 is 20.7 Å². The maximum Gasteiger partial charge on any atom is 0.408 e. The summed E-state index contributed by atoms with van der Waals surface area (Å²) in [6.45, 7) is 11.7. The normalized spacial score (nSPS) is 12.1. The van der Waals surface area contributed by atoms with Crippen LogP contribution >= 0.6 is 0 Å². The number of carbonyl (C=O) groups excluding carboxylic acids is 3. The van der Waals surface area contributed by atoms with Crippen molar-refractivity contribution in [3.8, 4) is 5.75 Å². The first-order valence-electron chi connectivity index (χ1n) is 10.3. The first-order chi connectivity index (χ1) is 14.0. The molecule has 1 aromatic rings. The molecule has 0 fully saturated rings. The number of alkyl carbamates (subject to hydrolysis) is 1. The van der Waals surface area contributed by atoms with E-state index in [1.807, 2.05) is 24.3 Å². The van der Waals surface area contributed by atoms with E-state index in [1.54, 1.807) is 27.7 Å². The lowest BCUT2D eigenvalue weighted by Gasteiger charge is -2.19. The van der Waals surface area contributed by atoms with E-state index in [4.69, 9.17) is 9.47 Å². The Bertz CT molecular complexity index is 713. The van der Waals surface area contributed by atoms with Crippen LogP contribution in [0, 0.1) is 0 Å². The number of hydrogen-bond donors (Lipinski definition) is 3. The largest absolute Gasteiger partial charge is 0.481 e. The van der Waals surface area contributed by atoms with Crippen LogP contribution in [0.5, 0.6) is 5.75 Å². The monoisotopic (exact) mass is 421 g/mol. The third kappa shape index (κ3) is 10.1. The van der Waals surface area contributed by atoms with Gasteiger partial charge in [0, 0.05) is 13.1 Å². The molecule has 0 aromatic heterocycles. The summed E-state index contributed by atoms with van der Waals surface area (Å²) in [5.74, 6) is 0.463. The molecule has 1 rings (SSSR count). The van der Waals surface area contributed by atoms with Crippen molar-refractivity contribution in [3.05, 3.63) is 29.8 Å². The van der Waals surface area contributed by atoms with Crippen LogP contribution in [0.3, 0.4) is 0 Å². The van der Waals surface area contributed by atoms with E-state index >= 15 is 0 Å². The van der Waals surface area contributed by atoms with Crippen LogP contribution in [0.25, 0.3) is 0 Å². The lowest BCUT2D eigenvalue weighted by Crippen LogP contribution is -2.41. The van der Waals surface area contributed by atoms with Crippen LogP contribution in [-0.4, -0.2) is 49.2 Å². The summed E-state index contributed by atoms with van der Waals surface area (Å²) in [6, 6.07) is 7.68. The molecule has 0 saturated carbocycles. The molecule has 0 spiro atoms. The van der Waals surface area contributed by atoms with Crippen LogP contribution in [-0.2, 0) is 14.3 Å². The minimum Gasteiger partial charge on any atom is -0.481 e. The second kappa shape index (κ2) is 12.0. The lowest BCUT2D eigenvalue weighted by atomic mass is 10.0. The second-order valence-electron chi connectivity index (χ2n) is 8.30. The molecule has 0 saturated heterocycles. The Morgan fingerprint density at radius 2 is 1.60 bits per heavy atom. The molecule has 0 aliphatic rings. The molecule has 3 N–H and O–H groups in total. The van der Waals surface area contributed by atoms with Crippen molar-refractivity contribution in [2.45, 2.75) is 65.6 Å². The molecule has 8 heteroatoms. The highest BCUT2D eigenvalue weighted by molar-refractivity contribution is 5.82. The summed E-state index contributed by atoms with van der Waals surface area (Å²) in [6.07, 6.45) is -0.713. The fraction of sp³-hybridized carbons (Fsp3) is 0.591. The number of benzene rings is 1. The number of ether oxygens (including phenoxy) is 2. The van der Waals surface area contributed by atoms with Gasteiger partial charge in [-0.1, -0.05) is 32.0 Å². The van der Waals surface area contributed by atoms with Gasteiger partial charge in [-0.25, -0.2) is 4.79 Å². The fourth-order valence-electron chi connectivity index (χ4n) is 2.51. The van der Waals surface area contributed by atoms with Gasteiger partial charge in [0.05, 0.1) is 6.54 Å². The average Bonchev–Trinajstić information content (AvgIpc) is 2.64. The molecule has 0 heterocycles. The highest BCUT2D eigenvalue weighted by Crippen LogP contribution is 2.26. The van der Waals surface area contributed by atoms with Gasteiger partial charge >= 0.3 is 6.09 Å². The van der Waals surface area contributed by atoms with E-state index in [0.717, 1.165) is 5.56 Å². The van der Waals surface area contributed by atoms with Crippen molar-refractivity contribution in [1.29, 1.82) is 0 Å². The van der Waals surface area contributed by atoms with Crippen molar-refractivity contribution >= 4 is 17.9 Å². The predicted molar refractivity (Wildman–Crippen MR) is 115 cm³/mol. The van der Waals surface area contributed by atoms with E-state index in [0.29, 0.717) is 31.2 Å². The standard InChI is InChI=1S/C22H35N3O5/c1-15(2)17-10-7-8-11-18(17)29-16(3)20(27)24-13-9-12-23-19(26)14-25-21(28)30-22(4,5)6/h7-8,10-11,15-16H,9,12-14H2,1-6H3,(H,23,26)(H,24,27)(H,25,28). The van der Waals surface area contributed by atoms with Crippen molar-refractivity contribution in [3.63, 3.8) is 0 Å². The van der Waals surface area contributed by atoms with E-state index < -0.39 is 17.8 Å². The van der Waals surface area contributed by atoms with Gasteiger partial charge in [-0.3, -0.25) is 9.59 Å². The lowest BCUT2D eigenvalue weighted by molar-refractivity contribution is -0.127. The number of amides is 3. The zero-order valence-corrected chi connectivity index (χ0v) is 18.8. The van der Waals surface area contributed by atoms with Gasteiger partial charge in [-0.05, 0) is 51.7 Å². The first kappa shape index (κ1) is 25.3. The fourth-order valence-corrected chi connectivity index (χ4v) is 2.51. The van der Waals surface area contributed by atoms with Gasteiger partial charge in [-0.15, -0.1) is 0 Å². The molecule has 0 radical (unpaired) electrons. The van der Waals surface area contributed by atoms with Crippen molar-refractivity contribution < 1.29 is 23.9 Å². The summed E-state index contributed by atoms with van der Waals surface area (Å²) in [4.78, 5) is 35.4. The molecule has 1 atom stereocenters. The molecule has 0 bridgehead atoms. The van der Waals surface area contributed by atoms with Crippen LogP contribution in [0.1, 0.15) is 59.4 Å². The van der Waals surface area contributed by atoms with E-state index in [2.05, 4.69) is 29.8 Å². The summed E-state index contributed by atoms with van der Waals surface area (Å²) in [5, 5.41) is 7.86. The molecule has 8 nitrogen and oxygen atoms in total. The molecule has 30 heavy (non-hydrogen) atoms. The summed E-state index contributed by atoms with van der Waals surface area (Å²) in [7, 11) is 0. The third-order valence-electron chi connectivity index (χ3n) is 3.98. The predicted octanol–water partition coefficient (Wildman–Crippen LogP) is 2.72. The minimum atomic E-state index is -0.641. The highest BCUT2D eigenvalue weighted by Gasteiger charge is 2.17. The van der Waals surface area contributed by atoms with Gasteiger partial charge in [0.2, 0.25) is 5.91 Å². The Labute approximate surface area is 179 Å². The van der Waals surface area contributed by atoms with Crippen LogP contribution in [0.2, 0.25) is 0 Å². The Morgan fingerprint density at radius 3 is 2.23 bits per heavy atom. The average molecular weight is 422 g/mol. The Balaban J connectivity index is 2.24. The van der Waals surface area contributed by atoms with Crippen LogP contribution in [0.4, 0.5) is 4.79 Å². The molecule has 1 aromatic carbocycles. The van der Waals surface area contributed by atoms with Crippen LogP contribution in [0.15, 0.2) is 24.3 Å². The summed E-state index contributed by atoms with van der Waals surface area (Å²) in [5.41, 5.74) is 0.441. The molecule has 1 unspecified atom stereocenters. The SMILES string of the molecule is CC(Oc1ccccc1C(C)C)C(=O)NCCCNC(=O)CNC(=O)OC(C)(C)C. The minimum absolute atomic E-state index is 0.165. The maximum atomic E-state index is 12.2. The van der Waals surface area contributed by atoms with Gasteiger partial charge in [0.1, 0.15) is 11.4 Å². The Hall–Kier alpha value is -2.77. The van der Waals surface area contributed by atoms with Gasteiger partial charge in [0.15, 0.2) is 6.10 Å². The quantitative estimate of drug-likeness (QED) is 0.504. The number of rotatable bonds is 10. The first-order valence-corrected chi connectivity index (χ1v) is 10.3. The van der Waals surface area contributed by atoms with E-state index in [1.165, 1.54) is 0 Å². The molecule has 0 aliphatic carbocycles. The van der Waals surface area contributed by atoms with Gasteiger partial charge in [0.25, 0.3) is 5.91 Å². The second-order valence-corrected chi connectivity index (χ2v) is 8.30. The topological polar surface area (TPSA) is 106 Å². The molecular weight excluding hydrogens is 386 g/mol. The smallest absolute Gasteiger partial charge is 0.408 e. The molecule has 0 aliphatic heterocycles. The highest BCUT2D eigenvalue weighted by atomic mass is 16.6. The summed E-state index contributed by atoms with van der Waals surface area (Å²) >= 11 is 0. The van der Waals surface area contributed by atoms with E-state index in [9.17, 15) is 14.4 Å². The molecule has 3 amide bonds. The zero-order valence-electron chi connectivity index (χ0n) is 18.8. The molecular formula is C22H35N3O5. The number of nitrogens with one attached hydrogen (secondary N) is 3. The number of carbonyl (C=O) groups is 3. The van der Waals surface area contributed by atoms with Gasteiger partial charge < -0.3 is 25.4 Å². The zero-order chi connectivity index (χ0) is 22.7. The third-order valence-corrected chi connectivity index (χ3v) is 3.98. The Morgan fingerprint density at radius 1 is 0.967 bits per heavy atom. The maximum absolute atomic E-state index is 12.2. The number of hydrogen-bond acceptors (Lipinski definition) is 5. The summed E-state index contributed by atoms with van der Waals surface area (Å²) < 4.78 is 10.9. The van der Waals surface area contributed by atoms with Crippen molar-refractivity contribution in [1.82, 2.24) is 16.0 Å².